The summed E-state index contributed by atoms with van der Waals surface area (Å²) in [6.07, 6.45) is 2.29. The van der Waals surface area contributed by atoms with Crippen LogP contribution in [0.2, 0.25) is 0 Å². The molecule has 1 fully saturated rings. The first kappa shape index (κ1) is 13.9. The van der Waals surface area contributed by atoms with Crippen LogP contribution in [-0.2, 0) is 11.8 Å². The average Bonchev–Trinajstić information content (AvgIpc) is 3.07. The van der Waals surface area contributed by atoms with E-state index in [2.05, 4.69) is 10.1 Å². The molecule has 110 valence electrons. The Kier molecular flexibility index (Phi) is 3.83. The highest BCUT2D eigenvalue weighted by Gasteiger charge is 2.35. The second-order valence-corrected chi connectivity index (χ2v) is 5.89. The number of aromatic nitrogens is 3. The summed E-state index contributed by atoms with van der Waals surface area (Å²) in [5.41, 5.74) is 0.825. The van der Waals surface area contributed by atoms with E-state index >= 15 is 0 Å². The standard InChI is InChI=1S/C14H16N4O2S/c1-17-14(15-9-16-17)21-12-7-8-18(13(12)19)10-5-3-4-6-11(10)20-2/h3-6,9,12H,7-8H2,1-2H3/t12-/m0/s1. The van der Waals surface area contributed by atoms with Crippen molar-refractivity contribution in [1.82, 2.24) is 14.8 Å². The van der Waals surface area contributed by atoms with Gasteiger partial charge >= 0.3 is 0 Å². The Morgan fingerprint density at radius 1 is 1.38 bits per heavy atom. The van der Waals surface area contributed by atoms with Gasteiger partial charge in [-0.3, -0.25) is 4.79 Å². The van der Waals surface area contributed by atoms with Gasteiger partial charge in [-0.25, -0.2) is 9.67 Å². The van der Waals surface area contributed by atoms with Gasteiger partial charge < -0.3 is 9.64 Å². The van der Waals surface area contributed by atoms with E-state index in [1.54, 1.807) is 16.7 Å². The lowest BCUT2D eigenvalue weighted by Gasteiger charge is -2.19. The molecule has 1 aliphatic rings. The fourth-order valence-corrected chi connectivity index (χ4v) is 3.39. The van der Waals surface area contributed by atoms with Crippen LogP contribution in [0.4, 0.5) is 5.69 Å². The topological polar surface area (TPSA) is 60.2 Å². The highest BCUT2D eigenvalue weighted by atomic mass is 32.2. The smallest absolute Gasteiger partial charge is 0.240 e. The molecule has 0 spiro atoms. The van der Waals surface area contributed by atoms with Crippen molar-refractivity contribution in [2.45, 2.75) is 16.8 Å². The van der Waals surface area contributed by atoms with Crippen LogP contribution in [0.25, 0.3) is 0 Å². The first-order chi connectivity index (χ1) is 10.2. The third-order valence-corrected chi connectivity index (χ3v) is 4.75. The molecular formula is C14H16N4O2S. The van der Waals surface area contributed by atoms with E-state index in [-0.39, 0.29) is 11.2 Å². The average molecular weight is 304 g/mol. The minimum atomic E-state index is -0.127. The van der Waals surface area contributed by atoms with Gasteiger partial charge in [-0.1, -0.05) is 23.9 Å². The summed E-state index contributed by atoms with van der Waals surface area (Å²) in [6, 6.07) is 7.58. The number of para-hydroxylation sites is 2. The largest absolute Gasteiger partial charge is 0.495 e. The second kappa shape index (κ2) is 5.77. The monoisotopic (exact) mass is 304 g/mol. The number of amides is 1. The van der Waals surface area contributed by atoms with Gasteiger partial charge in [0, 0.05) is 13.6 Å². The van der Waals surface area contributed by atoms with Crippen molar-refractivity contribution in [1.29, 1.82) is 0 Å². The molecule has 2 heterocycles. The summed E-state index contributed by atoms with van der Waals surface area (Å²) >= 11 is 1.46. The molecule has 1 aromatic heterocycles. The SMILES string of the molecule is COc1ccccc1N1CC[C@H](Sc2ncnn2C)C1=O. The second-order valence-electron chi connectivity index (χ2n) is 4.72. The Morgan fingerprint density at radius 3 is 2.90 bits per heavy atom. The molecule has 0 aliphatic carbocycles. The normalized spacial score (nSPS) is 18.3. The molecule has 0 N–H and O–H groups in total. The van der Waals surface area contributed by atoms with Gasteiger partial charge in [-0.05, 0) is 18.6 Å². The molecule has 7 heteroatoms. The van der Waals surface area contributed by atoms with Gasteiger partial charge in [0.05, 0.1) is 18.0 Å². The summed E-state index contributed by atoms with van der Waals surface area (Å²) in [6.45, 7) is 0.689. The molecule has 1 aliphatic heterocycles. The predicted molar refractivity (Wildman–Crippen MR) is 80.6 cm³/mol. The van der Waals surface area contributed by atoms with Crippen molar-refractivity contribution in [2.75, 3.05) is 18.6 Å². The van der Waals surface area contributed by atoms with Gasteiger partial charge in [-0.15, -0.1) is 0 Å². The summed E-state index contributed by atoms with van der Waals surface area (Å²) in [4.78, 5) is 18.6. The maximum Gasteiger partial charge on any atom is 0.240 e. The highest BCUT2D eigenvalue weighted by molar-refractivity contribution is 8.00. The number of rotatable bonds is 4. The third kappa shape index (κ3) is 2.61. The maximum atomic E-state index is 12.6. The summed E-state index contributed by atoms with van der Waals surface area (Å²) in [5.74, 6) is 0.808. The Hall–Kier alpha value is -2.02. The quantitative estimate of drug-likeness (QED) is 0.861. The molecule has 21 heavy (non-hydrogen) atoms. The van der Waals surface area contributed by atoms with Gasteiger partial charge in [0.25, 0.3) is 0 Å². The maximum absolute atomic E-state index is 12.6. The summed E-state index contributed by atoms with van der Waals surface area (Å²) in [5, 5.41) is 4.66. The molecule has 0 radical (unpaired) electrons. The molecule has 1 aromatic carbocycles. The minimum Gasteiger partial charge on any atom is -0.495 e. The number of thioether (sulfide) groups is 1. The van der Waals surface area contributed by atoms with E-state index in [0.29, 0.717) is 6.54 Å². The van der Waals surface area contributed by atoms with E-state index in [1.165, 1.54) is 18.1 Å². The number of nitrogens with zero attached hydrogens (tertiary/aromatic N) is 4. The fourth-order valence-electron chi connectivity index (χ4n) is 2.37. The van der Waals surface area contributed by atoms with Crippen LogP contribution in [0.5, 0.6) is 5.75 Å². The molecule has 3 rings (SSSR count). The Labute approximate surface area is 127 Å². The van der Waals surface area contributed by atoms with Crippen molar-refractivity contribution in [3.05, 3.63) is 30.6 Å². The van der Waals surface area contributed by atoms with Crippen molar-refractivity contribution in [3.63, 3.8) is 0 Å². The molecular weight excluding hydrogens is 288 g/mol. The third-order valence-electron chi connectivity index (χ3n) is 3.45. The van der Waals surface area contributed by atoms with Crippen LogP contribution in [0, 0.1) is 0 Å². The predicted octanol–water partition coefficient (Wildman–Crippen LogP) is 1.72. The zero-order valence-electron chi connectivity index (χ0n) is 11.9. The van der Waals surface area contributed by atoms with Crippen LogP contribution in [0.1, 0.15) is 6.42 Å². The van der Waals surface area contributed by atoms with Gasteiger partial charge in [0.1, 0.15) is 12.1 Å². The molecule has 0 bridgehead atoms. The lowest BCUT2D eigenvalue weighted by atomic mass is 10.2. The molecule has 1 amide bonds. The van der Waals surface area contributed by atoms with E-state index in [1.807, 2.05) is 31.3 Å². The zero-order chi connectivity index (χ0) is 14.8. The lowest BCUT2D eigenvalue weighted by molar-refractivity contribution is -0.116. The van der Waals surface area contributed by atoms with Crippen LogP contribution in [0.15, 0.2) is 35.7 Å². The van der Waals surface area contributed by atoms with Crippen molar-refractivity contribution >= 4 is 23.4 Å². The molecule has 2 aromatic rings. The Morgan fingerprint density at radius 2 is 2.19 bits per heavy atom. The Bertz CT molecular complexity index is 658. The lowest BCUT2D eigenvalue weighted by Crippen LogP contribution is -2.28. The van der Waals surface area contributed by atoms with E-state index in [4.69, 9.17) is 4.74 Å². The van der Waals surface area contributed by atoms with Crippen LogP contribution < -0.4 is 9.64 Å². The van der Waals surface area contributed by atoms with Gasteiger partial charge in [-0.2, -0.15) is 5.10 Å². The number of benzene rings is 1. The first-order valence-corrected chi connectivity index (χ1v) is 7.53. The van der Waals surface area contributed by atoms with Crippen molar-refractivity contribution in [3.8, 4) is 5.75 Å². The van der Waals surface area contributed by atoms with E-state index in [9.17, 15) is 4.79 Å². The summed E-state index contributed by atoms with van der Waals surface area (Å²) < 4.78 is 7.02. The van der Waals surface area contributed by atoms with E-state index < -0.39 is 0 Å². The van der Waals surface area contributed by atoms with Crippen molar-refractivity contribution < 1.29 is 9.53 Å². The van der Waals surface area contributed by atoms with Gasteiger partial charge in [0.2, 0.25) is 5.91 Å². The minimum absolute atomic E-state index is 0.0903. The van der Waals surface area contributed by atoms with Crippen molar-refractivity contribution in [2.24, 2.45) is 7.05 Å². The van der Waals surface area contributed by atoms with Crippen LogP contribution in [-0.4, -0.2) is 39.6 Å². The first-order valence-electron chi connectivity index (χ1n) is 6.65. The number of methoxy groups -OCH3 is 1. The van der Waals surface area contributed by atoms with Crippen LogP contribution >= 0.6 is 11.8 Å². The number of ether oxygens (including phenoxy) is 1. The molecule has 6 nitrogen and oxygen atoms in total. The molecule has 1 saturated heterocycles. The summed E-state index contributed by atoms with van der Waals surface area (Å²) in [7, 11) is 3.44. The zero-order valence-corrected chi connectivity index (χ0v) is 12.7. The fraction of sp³-hybridized carbons (Fsp3) is 0.357. The Balaban J connectivity index is 1.79. The number of aryl methyl sites for hydroxylation is 1. The van der Waals surface area contributed by atoms with E-state index in [0.717, 1.165) is 23.0 Å². The molecule has 1 atom stereocenters. The number of hydrogen-bond acceptors (Lipinski definition) is 5. The number of anilines is 1. The highest BCUT2D eigenvalue weighted by Crippen LogP contribution is 2.35. The molecule has 0 saturated carbocycles. The number of carbonyl (C=O) groups excluding carboxylic acids is 1. The van der Waals surface area contributed by atoms with Gasteiger partial charge in [0.15, 0.2) is 5.16 Å². The number of hydrogen-bond donors (Lipinski definition) is 0. The van der Waals surface area contributed by atoms with Crippen LogP contribution in [0.3, 0.4) is 0 Å². The number of carbonyl (C=O) groups is 1. The molecule has 0 unspecified atom stereocenters.